The molecule has 1 aromatic rings. The molecule has 0 unspecified atom stereocenters. The summed E-state index contributed by atoms with van der Waals surface area (Å²) in [6.07, 6.45) is -1.41. The van der Waals surface area contributed by atoms with Crippen LogP contribution in [0.4, 0.5) is 0 Å². The Labute approximate surface area is 134 Å². The zero-order chi connectivity index (χ0) is 16.0. The average Bonchev–Trinajstić information content (AvgIpc) is 2.38. The van der Waals surface area contributed by atoms with Gasteiger partial charge in [0.25, 0.3) is 0 Å². The van der Waals surface area contributed by atoms with Crippen LogP contribution in [-0.2, 0) is 24.0 Å². The van der Waals surface area contributed by atoms with E-state index in [0.717, 1.165) is 0 Å². The minimum absolute atomic E-state index is 0.0866. The Hall–Kier alpha value is -0.410. The van der Waals surface area contributed by atoms with Crippen LogP contribution < -0.4 is 5.14 Å². The molecule has 0 aliphatic heterocycles. The highest BCUT2D eigenvalue weighted by Crippen LogP contribution is 2.36. The number of ether oxygens (including phenoxy) is 2. The number of methoxy groups -OCH3 is 1. The first-order chi connectivity index (χ1) is 9.80. The van der Waals surface area contributed by atoms with Crippen LogP contribution in [-0.4, -0.2) is 28.4 Å². The summed E-state index contributed by atoms with van der Waals surface area (Å²) in [5, 5.41) is 5.60. The Kier molecular flexibility index (Phi) is 7.35. The Morgan fingerprint density at radius 1 is 1.29 bits per heavy atom. The highest BCUT2D eigenvalue weighted by atomic mass is 35.5. The van der Waals surface area contributed by atoms with E-state index in [2.05, 4.69) is 0 Å². The second kappa shape index (κ2) is 8.28. The molecule has 1 aromatic carbocycles. The van der Waals surface area contributed by atoms with Crippen LogP contribution in [0.25, 0.3) is 0 Å². The fourth-order valence-electron chi connectivity index (χ4n) is 1.81. The number of rotatable bonds is 8. The standard InChI is InChI=1S/C12H17Cl2NO5S/c1-3-10(20-21(15,16)17)12(19-7-18-2)11-8(13)5-4-6-9(11)14/h4-6,10,12H,3,7H2,1-2H3,(H2,15,16,17)/t10-,12+/m1/s1. The normalized spacial score (nSPS) is 14.9. The number of hydrogen-bond acceptors (Lipinski definition) is 5. The molecular formula is C12H17Cl2NO5S. The van der Waals surface area contributed by atoms with Gasteiger partial charge in [-0.3, -0.25) is 4.18 Å². The largest absolute Gasteiger partial charge is 0.359 e. The second-order valence-electron chi connectivity index (χ2n) is 4.16. The van der Waals surface area contributed by atoms with Gasteiger partial charge in [-0.25, -0.2) is 5.14 Å². The van der Waals surface area contributed by atoms with Gasteiger partial charge in [0.05, 0.1) is 0 Å². The minimum atomic E-state index is -4.15. The Morgan fingerprint density at radius 2 is 1.86 bits per heavy atom. The van der Waals surface area contributed by atoms with E-state index in [0.29, 0.717) is 22.0 Å². The van der Waals surface area contributed by atoms with Gasteiger partial charge in [-0.15, -0.1) is 0 Å². The molecule has 0 fully saturated rings. The third-order valence-corrected chi connectivity index (χ3v) is 3.82. The first-order valence-electron chi connectivity index (χ1n) is 6.05. The van der Waals surface area contributed by atoms with Gasteiger partial charge in [0.2, 0.25) is 0 Å². The van der Waals surface area contributed by atoms with Crippen molar-refractivity contribution >= 4 is 33.5 Å². The van der Waals surface area contributed by atoms with E-state index in [-0.39, 0.29) is 6.79 Å². The Bertz CT molecular complexity index is 547. The van der Waals surface area contributed by atoms with Crippen molar-refractivity contribution in [3.05, 3.63) is 33.8 Å². The summed E-state index contributed by atoms with van der Waals surface area (Å²) < 4.78 is 37.6. The third-order valence-electron chi connectivity index (χ3n) is 2.65. The topological polar surface area (TPSA) is 87.9 Å². The molecule has 0 saturated carbocycles. The molecule has 0 aliphatic carbocycles. The SMILES string of the molecule is CC[C@@H](OS(N)(=O)=O)[C@H](OCOC)c1c(Cl)cccc1Cl. The van der Waals surface area contributed by atoms with Crippen LogP contribution in [0.3, 0.4) is 0 Å². The van der Waals surface area contributed by atoms with Crippen LogP contribution in [0.5, 0.6) is 0 Å². The first kappa shape index (κ1) is 18.6. The van der Waals surface area contributed by atoms with E-state index in [1.54, 1.807) is 25.1 Å². The van der Waals surface area contributed by atoms with Crippen LogP contribution in [0, 0.1) is 0 Å². The monoisotopic (exact) mass is 357 g/mol. The van der Waals surface area contributed by atoms with E-state index in [1.807, 2.05) is 0 Å². The van der Waals surface area contributed by atoms with Gasteiger partial charge in [-0.1, -0.05) is 36.2 Å². The molecule has 0 heterocycles. The van der Waals surface area contributed by atoms with Crippen molar-refractivity contribution in [3.8, 4) is 0 Å². The quantitative estimate of drug-likeness (QED) is 0.722. The fourth-order valence-corrected chi connectivity index (χ4v) is 3.00. The summed E-state index contributed by atoms with van der Waals surface area (Å²) in [7, 11) is -2.71. The zero-order valence-corrected chi connectivity index (χ0v) is 13.9. The van der Waals surface area contributed by atoms with Gasteiger partial charge >= 0.3 is 10.3 Å². The maximum Gasteiger partial charge on any atom is 0.333 e. The van der Waals surface area contributed by atoms with Crippen molar-refractivity contribution < 1.29 is 22.1 Å². The van der Waals surface area contributed by atoms with Gasteiger partial charge in [0.1, 0.15) is 19.0 Å². The molecule has 6 nitrogen and oxygen atoms in total. The Balaban J connectivity index is 3.20. The van der Waals surface area contributed by atoms with Crippen molar-refractivity contribution in [3.63, 3.8) is 0 Å². The summed E-state index contributed by atoms with van der Waals surface area (Å²) in [5.74, 6) is 0. The van der Waals surface area contributed by atoms with Gasteiger partial charge in [-0.2, -0.15) is 8.42 Å². The van der Waals surface area contributed by atoms with E-state index in [9.17, 15) is 8.42 Å². The number of benzene rings is 1. The lowest BCUT2D eigenvalue weighted by Gasteiger charge is -2.27. The fraction of sp³-hybridized carbons (Fsp3) is 0.500. The van der Waals surface area contributed by atoms with Crippen LogP contribution >= 0.6 is 23.2 Å². The number of nitrogens with two attached hydrogens (primary N) is 1. The molecular weight excluding hydrogens is 341 g/mol. The van der Waals surface area contributed by atoms with Gasteiger partial charge in [0, 0.05) is 22.7 Å². The molecule has 0 radical (unpaired) electrons. The molecule has 120 valence electrons. The minimum Gasteiger partial charge on any atom is -0.359 e. The van der Waals surface area contributed by atoms with E-state index >= 15 is 0 Å². The first-order valence-corrected chi connectivity index (χ1v) is 8.28. The van der Waals surface area contributed by atoms with Crippen molar-refractivity contribution in [2.24, 2.45) is 5.14 Å². The Morgan fingerprint density at radius 3 is 2.29 bits per heavy atom. The molecule has 2 atom stereocenters. The zero-order valence-electron chi connectivity index (χ0n) is 11.6. The average molecular weight is 358 g/mol. The molecule has 0 bridgehead atoms. The molecule has 0 amide bonds. The van der Waals surface area contributed by atoms with Crippen LogP contribution in [0.15, 0.2) is 18.2 Å². The van der Waals surface area contributed by atoms with E-state index < -0.39 is 22.5 Å². The molecule has 0 aliphatic rings. The highest BCUT2D eigenvalue weighted by Gasteiger charge is 2.30. The van der Waals surface area contributed by atoms with Crippen molar-refractivity contribution in [1.82, 2.24) is 0 Å². The summed E-state index contributed by atoms with van der Waals surface area (Å²) in [5.41, 5.74) is 0.424. The summed E-state index contributed by atoms with van der Waals surface area (Å²) >= 11 is 12.3. The lowest BCUT2D eigenvalue weighted by atomic mass is 10.0. The summed E-state index contributed by atoms with van der Waals surface area (Å²) in [6, 6.07) is 4.91. The lowest BCUT2D eigenvalue weighted by molar-refractivity contribution is -0.108. The van der Waals surface area contributed by atoms with Gasteiger partial charge in [0.15, 0.2) is 0 Å². The lowest BCUT2D eigenvalue weighted by Crippen LogP contribution is -2.31. The van der Waals surface area contributed by atoms with Crippen molar-refractivity contribution in [2.45, 2.75) is 25.6 Å². The number of hydrogen-bond donors (Lipinski definition) is 1. The van der Waals surface area contributed by atoms with Crippen LogP contribution in [0.1, 0.15) is 25.0 Å². The van der Waals surface area contributed by atoms with Crippen LogP contribution in [0.2, 0.25) is 10.0 Å². The summed E-state index contributed by atoms with van der Waals surface area (Å²) in [4.78, 5) is 0. The summed E-state index contributed by atoms with van der Waals surface area (Å²) in [6.45, 7) is 1.64. The second-order valence-corrected chi connectivity index (χ2v) is 6.16. The third kappa shape index (κ3) is 5.71. The smallest absolute Gasteiger partial charge is 0.333 e. The molecule has 1 rings (SSSR count). The molecule has 21 heavy (non-hydrogen) atoms. The molecule has 0 spiro atoms. The van der Waals surface area contributed by atoms with Gasteiger partial charge in [-0.05, 0) is 18.6 Å². The predicted molar refractivity (Wildman–Crippen MR) is 80.4 cm³/mol. The van der Waals surface area contributed by atoms with Gasteiger partial charge < -0.3 is 9.47 Å². The highest BCUT2D eigenvalue weighted by molar-refractivity contribution is 7.84. The molecule has 9 heteroatoms. The maximum absolute atomic E-state index is 11.2. The maximum atomic E-state index is 11.2. The number of halogens is 2. The predicted octanol–water partition coefficient (Wildman–Crippen LogP) is 2.65. The van der Waals surface area contributed by atoms with E-state index in [1.165, 1.54) is 7.11 Å². The molecule has 0 saturated heterocycles. The molecule has 2 N–H and O–H groups in total. The molecule has 0 aromatic heterocycles. The van der Waals surface area contributed by atoms with Crippen molar-refractivity contribution in [1.29, 1.82) is 0 Å². The van der Waals surface area contributed by atoms with Crippen molar-refractivity contribution in [2.75, 3.05) is 13.9 Å². The van der Waals surface area contributed by atoms with E-state index in [4.69, 9.17) is 42.0 Å².